The Morgan fingerprint density at radius 1 is 1.04 bits per heavy atom. The fourth-order valence-electron chi connectivity index (χ4n) is 2.55. The highest BCUT2D eigenvalue weighted by Crippen LogP contribution is 2.31. The first-order chi connectivity index (χ1) is 11.8. The lowest BCUT2D eigenvalue weighted by Gasteiger charge is -2.18. The lowest BCUT2D eigenvalue weighted by Crippen LogP contribution is -2.17. The van der Waals surface area contributed by atoms with Crippen LogP contribution in [0.3, 0.4) is 0 Å². The van der Waals surface area contributed by atoms with Gasteiger partial charge in [0.1, 0.15) is 19.8 Å². The zero-order valence-corrected chi connectivity index (χ0v) is 12.8. The van der Waals surface area contributed by atoms with E-state index in [1.165, 1.54) is 4.68 Å². The molecule has 2 aromatic carbocycles. The first-order valence-electron chi connectivity index (χ1n) is 7.56. The first-order valence-corrected chi connectivity index (χ1v) is 7.56. The van der Waals surface area contributed by atoms with E-state index in [4.69, 9.17) is 9.47 Å². The minimum atomic E-state index is -0.101. The molecule has 120 valence electrons. The maximum Gasteiger partial charge on any atom is 0.184 e. The highest BCUT2D eigenvalue weighted by molar-refractivity contribution is 5.96. The minimum absolute atomic E-state index is 0.0525. The van der Waals surface area contributed by atoms with Crippen LogP contribution in [0.25, 0.3) is 11.4 Å². The Bertz CT molecular complexity index is 877. The van der Waals surface area contributed by atoms with E-state index in [0.29, 0.717) is 36.1 Å². The molecule has 0 unspecified atom stereocenters. The van der Waals surface area contributed by atoms with Gasteiger partial charge < -0.3 is 9.47 Å². The number of hydrogen-bond acceptors (Lipinski definition) is 6. The lowest BCUT2D eigenvalue weighted by atomic mass is 10.1. The van der Waals surface area contributed by atoms with E-state index >= 15 is 0 Å². The molecule has 1 aliphatic heterocycles. The second-order valence-corrected chi connectivity index (χ2v) is 5.31. The molecule has 0 saturated heterocycles. The molecule has 0 N–H and O–H groups in total. The second-order valence-electron chi connectivity index (χ2n) is 5.31. The van der Waals surface area contributed by atoms with Gasteiger partial charge in [-0.15, -0.1) is 5.10 Å². The van der Waals surface area contributed by atoms with E-state index in [1.54, 1.807) is 18.2 Å². The van der Waals surface area contributed by atoms with Crippen molar-refractivity contribution in [1.82, 2.24) is 20.2 Å². The number of ether oxygens (including phenoxy) is 2. The SMILES string of the molecule is O=C(Cn1nnnc1-c1ccccc1)c1ccc2c(c1)OCCO2. The van der Waals surface area contributed by atoms with Gasteiger partial charge in [0, 0.05) is 11.1 Å². The van der Waals surface area contributed by atoms with Crippen molar-refractivity contribution >= 4 is 5.78 Å². The summed E-state index contributed by atoms with van der Waals surface area (Å²) in [6, 6.07) is 14.7. The number of aromatic nitrogens is 4. The Kier molecular flexibility index (Phi) is 3.66. The van der Waals surface area contributed by atoms with Crippen LogP contribution in [0.2, 0.25) is 0 Å². The number of Topliss-reactive ketones (excluding diaryl/α,β-unsaturated/α-hetero) is 1. The molecule has 0 amide bonds. The van der Waals surface area contributed by atoms with Gasteiger partial charge in [-0.05, 0) is 28.6 Å². The van der Waals surface area contributed by atoms with E-state index in [1.807, 2.05) is 30.3 Å². The quantitative estimate of drug-likeness (QED) is 0.684. The molecule has 0 aliphatic carbocycles. The lowest BCUT2D eigenvalue weighted by molar-refractivity contribution is 0.0966. The highest BCUT2D eigenvalue weighted by atomic mass is 16.6. The monoisotopic (exact) mass is 322 g/mol. The molecule has 0 radical (unpaired) electrons. The molecule has 4 rings (SSSR count). The number of tetrazole rings is 1. The number of hydrogen-bond donors (Lipinski definition) is 0. The van der Waals surface area contributed by atoms with Crippen LogP contribution in [0.15, 0.2) is 48.5 Å². The van der Waals surface area contributed by atoms with Gasteiger partial charge in [-0.25, -0.2) is 4.68 Å². The van der Waals surface area contributed by atoms with Gasteiger partial charge in [0.25, 0.3) is 0 Å². The topological polar surface area (TPSA) is 79.1 Å². The normalized spacial score (nSPS) is 12.8. The first kappa shape index (κ1) is 14.4. The number of rotatable bonds is 4. The van der Waals surface area contributed by atoms with Crippen LogP contribution in [0.4, 0.5) is 0 Å². The summed E-state index contributed by atoms with van der Waals surface area (Å²) < 4.78 is 12.5. The highest BCUT2D eigenvalue weighted by Gasteiger charge is 2.17. The second kappa shape index (κ2) is 6.11. The molecule has 1 aromatic heterocycles. The molecule has 24 heavy (non-hydrogen) atoms. The van der Waals surface area contributed by atoms with Crippen LogP contribution in [-0.4, -0.2) is 39.2 Å². The van der Waals surface area contributed by atoms with Crippen molar-refractivity contribution in [2.75, 3.05) is 13.2 Å². The molecule has 0 saturated carbocycles. The fraction of sp³-hybridized carbons (Fsp3) is 0.176. The summed E-state index contributed by atoms with van der Waals surface area (Å²) in [5.74, 6) is 1.70. The molecular formula is C17H14N4O3. The maximum atomic E-state index is 12.6. The van der Waals surface area contributed by atoms with Crippen LogP contribution in [0.1, 0.15) is 10.4 Å². The molecule has 0 fully saturated rings. The predicted octanol–water partition coefficient (Wildman–Crippen LogP) is 1.99. The van der Waals surface area contributed by atoms with E-state index < -0.39 is 0 Å². The summed E-state index contributed by atoms with van der Waals surface area (Å²) in [6.45, 7) is 1.05. The largest absolute Gasteiger partial charge is 0.486 e. The van der Waals surface area contributed by atoms with Crippen LogP contribution >= 0.6 is 0 Å². The third-order valence-corrected chi connectivity index (χ3v) is 3.72. The number of ketones is 1. The number of fused-ring (bicyclic) bond motifs is 1. The minimum Gasteiger partial charge on any atom is -0.486 e. The van der Waals surface area contributed by atoms with E-state index in [0.717, 1.165) is 5.56 Å². The number of nitrogens with zero attached hydrogens (tertiary/aromatic N) is 4. The Morgan fingerprint density at radius 2 is 1.83 bits per heavy atom. The van der Waals surface area contributed by atoms with Crippen molar-refractivity contribution in [3.63, 3.8) is 0 Å². The van der Waals surface area contributed by atoms with Crippen molar-refractivity contribution in [3.8, 4) is 22.9 Å². The van der Waals surface area contributed by atoms with Gasteiger partial charge in [-0.3, -0.25) is 4.79 Å². The smallest absolute Gasteiger partial charge is 0.184 e. The number of carbonyl (C=O) groups excluding carboxylic acids is 1. The molecule has 7 heteroatoms. The summed E-state index contributed by atoms with van der Waals surface area (Å²) in [5.41, 5.74) is 1.39. The fourth-order valence-corrected chi connectivity index (χ4v) is 2.55. The molecule has 3 aromatic rings. The van der Waals surface area contributed by atoms with Gasteiger partial charge in [0.15, 0.2) is 23.1 Å². The van der Waals surface area contributed by atoms with Crippen LogP contribution in [0.5, 0.6) is 11.5 Å². The summed E-state index contributed by atoms with van der Waals surface area (Å²) in [6.07, 6.45) is 0. The maximum absolute atomic E-state index is 12.6. The van der Waals surface area contributed by atoms with Crippen LogP contribution in [0, 0.1) is 0 Å². The number of benzene rings is 2. The zero-order chi connectivity index (χ0) is 16.4. The molecule has 1 aliphatic rings. The van der Waals surface area contributed by atoms with E-state index in [2.05, 4.69) is 15.5 Å². The zero-order valence-electron chi connectivity index (χ0n) is 12.8. The Balaban J connectivity index is 1.58. The summed E-state index contributed by atoms with van der Waals surface area (Å²) in [7, 11) is 0. The van der Waals surface area contributed by atoms with Crippen LogP contribution in [-0.2, 0) is 6.54 Å². The molecule has 7 nitrogen and oxygen atoms in total. The Morgan fingerprint density at radius 3 is 2.67 bits per heavy atom. The summed E-state index contributed by atoms with van der Waals surface area (Å²) in [5, 5.41) is 11.6. The van der Waals surface area contributed by atoms with Crippen molar-refractivity contribution in [2.24, 2.45) is 0 Å². The van der Waals surface area contributed by atoms with E-state index in [-0.39, 0.29) is 12.3 Å². The molecular weight excluding hydrogens is 308 g/mol. The predicted molar refractivity (Wildman–Crippen MR) is 85.0 cm³/mol. The van der Waals surface area contributed by atoms with Gasteiger partial charge in [0.2, 0.25) is 0 Å². The third-order valence-electron chi connectivity index (χ3n) is 3.72. The van der Waals surface area contributed by atoms with Gasteiger partial charge >= 0.3 is 0 Å². The average Bonchev–Trinajstić information content (AvgIpc) is 3.10. The molecule has 0 spiro atoms. The van der Waals surface area contributed by atoms with Gasteiger partial charge in [-0.2, -0.15) is 0 Å². The number of carbonyl (C=O) groups is 1. The van der Waals surface area contributed by atoms with Gasteiger partial charge in [-0.1, -0.05) is 30.3 Å². The summed E-state index contributed by atoms with van der Waals surface area (Å²) in [4.78, 5) is 12.6. The summed E-state index contributed by atoms with van der Waals surface area (Å²) >= 11 is 0. The van der Waals surface area contributed by atoms with Crippen molar-refractivity contribution in [2.45, 2.75) is 6.54 Å². The molecule has 2 heterocycles. The Labute approximate surface area is 137 Å². The Hall–Kier alpha value is -3.22. The van der Waals surface area contributed by atoms with Crippen molar-refractivity contribution in [3.05, 3.63) is 54.1 Å². The third kappa shape index (κ3) is 2.71. The van der Waals surface area contributed by atoms with Crippen LogP contribution < -0.4 is 9.47 Å². The van der Waals surface area contributed by atoms with Crippen molar-refractivity contribution in [1.29, 1.82) is 0 Å². The van der Waals surface area contributed by atoms with Gasteiger partial charge in [0.05, 0.1) is 0 Å². The standard InChI is InChI=1S/C17H14N4O3/c22-14(13-6-7-15-16(10-13)24-9-8-23-15)11-21-17(18-19-20-21)12-4-2-1-3-5-12/h1-7,10H,8-9,11H2. The molecule has 0 atom stereocenters. The molecule has 0 bridgehead atoms. The van der Waals surface area contributed by atoms with E-state index in [9.17, 15) is 4.79 Å². The average molecular weight is 322 g/mol. The van der Waals surface area contributed by atoms with Crippen molar-refractivity contribution < 1.29 is 14.3 Å².